The van der Waals surface area contributed by atoms with E-state index in [1.165, 1.54) is 0 Å². The van der Waals surface area contributed by atoms with Crippen LogP contribution in [-0.2, 0) is 0 Å². The summed E-state index contributed by atoms with van der Waals surface area (Å²) in [5.74, 6) is 0.271. The highest BCUT2D eigenvalue weighted by Crippen LogP contribution is 2.26. The minimum absolute atomic E-state index is 0.0119. The third-order valence-electron chi connectivity index (χ3n) is 3.73. The van der Waals surface area contributed by atoms with Crippen molar-refractivity contribution in [3.8, 4) is 0 Å². The molecule has 0 spiro atoms. The number of piperidine rings is 1. The molecule has 22 heavy (non-hydrogen) atoms. The molecule has 2 rings (SSSR count). The molecule has 0 bridgehead atoms. The number of benzene rings is 1. The van der Waals surface area contributed by atoms with Gasteiger partial charge in [0.1, 0.15) is 0 Å². The lowest BCUT2D eigenvalue weighted by Gasteiger charge is -2.35. The smallest absolute Gasteiger partial charge is 0.277 e. The van der Waals surface area contributed by atoms with Crippen LogP contribution in [0.5, 0.6) is 0 Å². The van der Waals surface area contributed by atoms with E-state index < -0.39 is 27.1 Å². The average molecular weight is 307 g/mol. The van der Waals surface area contributed by atoms with Crippen LogP contribution in [0.4, 0.5) is 11.4 Å². The third-order valence-corrected chi connectivity index (χ3v) is 3.73. The van der Waals surface area contributed by atoms with Gasteiger partial charge in [-0.2, -0.15) is 0 Å². The summed E-state index contributed by atoms with van der Waals surface area (Å²) in [4.78, 5) is 34.5. The van der Waals surface area contributed by atoms with Gasteiger partial charge >= 0.3 is 0 Å². The molecule has 0 N–H and O–H groups in total. The van der Waals surface area contributed by atoms with Crippen LogP contribution in [0.1, 0.15) is 30.6 Å². The Labute approximate surface area is 127 Å². The first-order valence-electron chi connectivity index (χ1n) is 7.01. The van der Waals surface area contributed by atoms with Crippen molar-refractivity contribution in [2.75, 3.05) is 13.1 Å². The number of nitro groups is 2. The van der Waals surface area contributed by atoms with Crippen molar-refractivity contribution in [3.63, 3.8) is 0 Å². The van der Waals surface area contributed by atoms with Crippen molar-refractivity contribution in [2.45, 2.75) is 20.3 Å². The molecule has 1 aliphatic rings. The molecule has 1 amide bonds. The molecule has 0 aromatic heterocycles. The summed E-state index contributed by atoms with van der Waals surface area (Å²) in [5, 5.41) is 21.8. The highest BCUT2D eigenvalue weighted by Gasteiger charge is 2.28. The second-order valence-corrected chi connectivity index (χ2v) is 5.91. The standard InChI is InChI=1S/C14H17N3O5/c1-9-3-10(2)8-15(7-9)14(18)11-4-12(16(19)20)6-13(5-11)17(21)22/h4-6,9-10H,3,7-8H2,1-2H3/t9-,10-/m1/s1. The number of rotatable bonds is 3. The van der Waals surface area contributed by atoms with Crippen molar-refractivity contribution in [3.05, 3.63) is 44.0 Å². The van der Waals surface area contributed by atoms with Gasteiger partial charge in [-0.15, -0.1) is 0 Å². The van der Waals surface area contributed by atoms with E-state index in [0.29, 0.717) is 24.9 Å². The van der Waals surface area contributed by atoms with E-state index in [4.69, 9.17) is 0 Å². The van der Waals surface area contributed by atoms with Gasteiger partial charge in [0.15, 0.2) is 0 Å². The van der Waals surface area contributed by atoms with Crippen LogP contribution >= 0.6 is 0 Å². The van der Waals surface area contributed by atoms with E-state index in [-0.39, 0.29) is 5.56 Å². The minimum Gasteiger partial charge on any atom is -0.338 e. The van der Waals surface area contributed by atoms with Crippen LogP contribution < -0.4 is 0 Å². The molecule has 1 heterocycles. The lowest BCUT2D eigenvalue weighted by molar-refractivity contribution is -0.394. The molecule has 0 radical (unpaired) electrons. The second-order valence-electron chi connectivity index (χ2n) is 5.91. The second kappa shape index (κ2) is 6.08. The molecule has 8 nitrogen and oxygen atoms in total. The number of nitro benzene ring substituents is 2. The zero-order valence-electron chi connectivity index (χ0n) is 12.4. The number of hydrogen-bond acceptors (Lipinski definition) is 5. The summed E-state index contributed by atoms with van der Waals surface area (Å²) in [6, 6.07) is 3.05. The Morgan fingerprint density at radius 2 is 1.50 bits per heavy atom. The maximum absolute atomic E-state index is 12.5. The molecule has 1 fully saturated rings. The van der Waals surface area contributed by atoms with Crippen molar-refractivity contribution >= 4 is 17.3 Å². The molecule has 118 valence electrons. The predicted octanol–water partition coefficient (Wildman–Crippen LogP) is 2.62. The molecule has 1 aromatic rings. The fourth-order valence-corrected chi connectivity index (χ4v) is 2.94. The minimum atomic E-state index is -0.731. The summed E-state index contributed by atoms with van der Waals surface area (Å²) < 4.78 is 0. The first-order valence-corrected chi connectivity index (χ1v) is 7.01. The SMILES string of the molecule is C[C@@H]1C[C@@H](C)CN(C(=O)c2cc([N+](=O)[O-])cc([N+](=O)[O-])c2)C1. The molecule has 0 saturated carbocycles. The van der Waals surface area contributed by atoms with E-state index in [0.717, 1.165) is 24.6 Å². The van der Waals surface area contributed by atoms with Gasteiger partial charge in [-0.05, 0) is 18.3 Å². The summed E-state index contributed by atoms with van der Waals surface area (Å²) >= 11 is 0. The summed E-state index contributed by atoms with van der Waals surface area (Å²) in [6.07, 6.45) is 1.01. The number of likely N-dealkylation sites (tertiary alicyclic amines) is 1. The maximum atomic E-state index is 12.5. The summed E-state index contributed by atoms with van der Waals surface area (Å²) in [5.41, 5.74) is -0.909. The molecule has 0 aliphatic carbocycles. The van der Waals surface area contributed by atoms with Gasteiger partial charge in [0.2, 0.25) is 0 Å². The molecule has 1 aromatic carbocycles. The van der Waals surface area contributed by atoms with Crippen LogP contribution in [-0.4, -0.2) is 33.7 Å². The Morgan fingerprint density at radius 1 is 1.05 bits per heavy atom. The number of non-ortho nitro benzene ring substituents is 2. The summed E-state index contributed by atoms with van der Waals surface area (Å²) in [7, 11) is 0. The van der Waals surface area contributed by atoms with Gasteiger partial charge < -0.3 is 4.90 Å². The lowest BCUT2D eigenvalue weighted by atomic mass is 9.91. The predicted molar refractivity (Wildman–Crippen MR) is 78.6 cm³/mol. The van der Waals surface area contributed by atoms with Crippen LogP contribution in [0.15, 0.2) is 18.2 Å². The average Bonchev–Trinajstić information content (AvgIpc) is 2.44. The number of nitrogens with zero attached hydrogens (tertiary/aromatic N) is 3. The number of amides is 1. The number of carbonyl (C=O) groups is 1. The van der Waals surface area contributed by atoms with Gasteiger partial charge in [0.05, 0.1) is 21.5 Å². The molecular formula is C14H17N3O5. The maximum Gasteiger partial charge on any atom is 0.277 e. The number of hydrogen-bond donors (Lipinski definition) is 0. The van der Waals surface area contributed by atoms with E-state index in [2.05, 4.69) is 0 Å². The molecule has 1 saturated heterocycles. The topological polar surface area (TPSA) is 107 Å². The molecule has 2 atom stereocenters. The Morgan fingerprint density at radius 3 is 1.91 bits per heavy atom. The Bertz CT molecular complexity index is 589. The van der Waals surface area contributed by atoms with Crippen molar-refractivity contribution < 1.29 is 14.6 Å². The van der Waals surface area contributed by atoms with Gasteiger partial charge in [-0.3, -0.25) is 25.0 Å². The first-order chi connectivity index (χ1) is 10.3. The monoisotopic (exact) mass is 307 g/mol. The van der Waals surface area contributed by atoms with Crippen LogP contribution in [0.3, 0.4) is 0 Å². The van der Waals surface area contributed by atoms with E-state index >= 15 is 0 Å². The first kappa shape index (κ1) is 15.9. The zero-order chi connectivity index (χ0) is 16.4. The van der Waals surface area contributed by atoms with E-state index in [1.54, 1.807) is 4.90 Å². The molecule has 1 aliphatic heterocycles. The van der Waals surface area contributed by atoms with Crippen molar-refractivity contribution in [1.29, 1.82) is 0 Å². The highest BCUT2D eigenvalue weighted by atomic mass is 16.6. The highest BCUT2D eigenvalue weighted by molar-refractivity contribution is 5.95. The summed E-state index contributed by atoms with van der Waals surface area (Å²) in [6.45, 7) is 5.18. The van der Waals surface area contributed by atoms with Crippen molar-refractivity contribution in [1.82, 2.24) is 4.90 Å². The van der Waals surface area contributed by atoms with E-state index in [9.17, 15) is 25.0 Å². The molecule has 0 unspecified atom stereocenters. The number of carbonyl (C=O) groups excluding carboxylic acids is 1. The third kappa shape index (κ3) is 3.38. The van der Waals surface area contributed by atoms with Crippen LogP contribution in [0.2, 0.25) is 0 Å². The van der Waals surface area contributed by atoms with E-state index in [1.807, 2.05) is 13.8 Å². The van der Waals surface area contributed by atoms with Crippen LogP contribution in [0, 0.1) is 32.1 Å². The lowest BCUT2D eigenvalue weighted by Crippen LogP contribution is -2.42. The normalized spacial score (nSPS) is 21.5. The van der Waals surface area contributed by atoms with Gasteiger partial charge in [0.25, 0.3) is 17.3 Å². The van der Waals surface area contributed by atoms with Gasteiger partial charge in [-0.1, -0.05) is 13.8 Å². The molecular weight excluding hydrogens is 290 g/mol. The quantitative estimate of drug-likeness (QED) is 0.630. The van der Waals surface area contributed by atoms with Gasteiger partial charge in [-0.25, -0.2) is 0 Å². The fourth-order valence-electron chi connectivity index (χ4n) is 2.94. The van der Waals surface area contributed by atoms with Crippen LogP contribution in [0.25, 0.3) is 0 Å². The Hall–Kier alpha value is -2.51. The van der Waals surface area contributed by atoms with Gasteiger partial charge in [0, 0.05) is 25.2 Å². The Kier molecular flexibility index (Phi) is 4.39. The Balaban J connectivity index is 2.36. The van der Waals surface area contributed by atoms with Crippen molar-refractivity contribution in [2.24, 2.45) is 11.8 Å². The zero-order valence-corrected chi connectivity index (χ0v) is 12.4. The fraction of sp³-hybridized carbons (Fsp3) is 0.500. The molecule has 8 heteroatoms. The largest absolute Gasteiger partial charge is 0.338 e.